The van der Waals surface area contributed by atoms with Crippen molar-refractivity contribution in [2.75, 3.05) is 5.32 Å². The fourth-order valence-electron chi connectivity index (χ4n) is 1.62. The van der Waals surface area contributed by atoms with Crippen LogP contribution in [0.4, 0.5) is 5.69 Å². The highest BCUT2D eigenvalue weighted by Crippen LogP contribution is 2.23. The third-order valence-electron chi connectivity index (χ3n) is 2.72. The van der Waals surface area contributed by atoms with Gasteiger partial charge >= 0.3 is 0 Å². The van der Waals surface area contributed by atoms with Crippen molar-refractivity contribution in [3.05, 3.63) is 62.2 Å². The third kappa shape index (κ3) is 4.66. The monoisotopic (exact) mass is 430 g/mol. The molecule has 1 amide bonds. The minimum absolute atomic E-state index is 0.212. The molecule has 0 atom stereocenters. The summed E-state index contributed by atoms with van der Waals surface area (Å²) < 4.78 is 1.03. The summed E-state index contributed by atoms with van der Waals surface area (Å²) in [6, 6.07) is 12.8. The van der Waals surface area contributed by atoms with E-state index in [1.54, 1.807) is 12.1 Å². The van der Waals surface area contributed by atoms with E-state index in [4.69, 9.17) is 23.8 Å². The molecule has 0 aliphatic carbocycles. The van der Waals surface area contributed by atoms with Gasteiger partial charge < -0.3 is 5.32 Å². The molecular formula is C15H12ClIN2OS. The Morgan fingerprint density at radius 3 is 2.48 bits per heavy atom. The van der Waals surface area contributed by atoms with Crippen LogP contribution in [-0.4, -0.2) is 11.0 Å². The van der Waals surface area contributed by atoms with Crippen molar-refractivity contribution in [3.63, 3.8) is 0 Å². The Balaban J connectivity index is 2.01. The summed E-state index contributed by atoms with van der Waals surface area (Å²) >= 11 is 13.4. The summed E-state index contributed by atoms with van der Waals surface area (Å²) in [5.74, 6) is -0.255. The number of hydrogen-bond acceptors (Lipinski definition) is 2. The molecule has 0 spiro atoms. The van der Waals surface area contributed by atoms with Crippen LogP contribution < -0.4 is 10.6 Å². The first-order valence-corrected chi connectivity index (χ1v) is 7.96. The van der Waals surface area contributed by atoms with E-state index in [2.05, 4.69) is 33.2 Å². The number of halogens is 2. The van der Waals surface area contributed by atoms with Crippen LogP contribution in [0.3, 0.4) is 0 Å². The van der Waals surface area contributed by atoms with Crippen molar-refractivity contribution in [3.8, 4) is 0 Å². The molecule has 2 N–H and O–H groups in total. The first-order valence-electron chi connectivity index (χ1n) is 6.10. The highest BCUT2D eigenvalue weighted by molar-refractivity contribution is 14.1. The number of carbonyl (C=O) groups excluding carboxylic acids is 1. The standard InChI is InChI=1S/C15H12ClIN2OS/c1-9-2-4-10(5-3-9)14(20)19-15(21)18-13-7-6-11(17)8-12(13)16/h2-8H,1H3,(H2,18,19,20,21). The lowest BCUT2D eigenvalue weighted by Crippen LogP contribution is -2.34. The molecule has 0 bridgehead atoms. The summed E-state index contributed by atoms with van der Waals surface area (Å²) in [4.78, 5) is 12.0. The SMILES string of the molecule is Cc1ccc(C(=O)NC(=S)Nc2ccc(I)cc2Cl)cc1. The van der Waals surface area contributed by atoms with Crippen molar-refractivity contribution < 1.29 is 4.79 Å². The van der Waals surface area contributed by atoms with Gasteiger partial charge in [-0.25, -0.2) is 0 Å². The second kappa shape index (κ2) is 7.20. The minimum atomic E-state index is -0.255. The van der Waals surface area contributed by atoms with Crippen molar-refractivity contribution in [2.24, 2.45) is 0 Å². The van der Waals surface area contributed by atoms with Gasteiger partial charge in [-0.05, 0) is 72.1 Å². The number of aryl methyl sites for hydroxylation is 1. The van der Waals surface area contributed by atoms with Crippen LogP contribution in [0, 0.1) is 10.5 Å². The van der Waals surface area contributed by atoms with Crippen molar-refractivity contribution >= 4 is 63.1 Å². The fraction of sp³-hybridized carbons (Fsp3) is 0.0667. The van der Waals surface area contributed by atoms with Crippen LogP contribution in [0.15, 0.2) is 42.5 Å². The first-order chi connectivity index (χ1) is 9.95. The van der Waals surface area contributed by atoms with Gasteiger partial charge in [0.15, 0.2) is 5.11 Å². The van der Waals surface area contributed by atoms with E-state index in [0.717, 1.165) is 9.13 Å². The number of hydrogen-bond donors (Lipinski definition) is 2. The van der Waals surface area contributed by atoms with Crippen LogP contribution in [0.5, 0.6) is 0 Å². The number of benzene rings is 2. The zero-order valence-electron chi connectivity index (χ0n) is 11.1. The predicted molar refractivity (Wildman–Crippen MR) is 99.0 cm³/mol. The number of rotatable bonds is 2. The normalized spacial score (nSPS) is 10.0. The summed E-state index contributed by atoms with van der Waals surface area (Å²) in [6.07, 6.45) is 0. The van der Waals surface area contributed by atoms with Gasteiger partial charge in [0.05, 0.1) is 10.7 Å². The lowest BCUT2D eigenvalue weighted by molar-refractivity contribution is 0.0978. The average Bonchev–Trinajstić information content (AvgIpc) is 2.42. The van der Waals surface area contributed by atoms with Gasteiger partial charge in [-0.2, -0.15) is 0 Å². The number of amides is 1. The molecule has 0 radical (unpaired) electrons. The molecule has 2 aromatic carbocycles. The molecule has 0 aliphatic rings. The topological polar surface area (TPSA) is 41.1 Å². The van der Waals surface area contributed by atoms with Gasteiger partial charge in [-0.3, -0.25) is 10.1 Å². The zero-order chi connectivity index (χ0) is 15.4. The van der Waals surface area contributed by atoms with E-state index >= 15 is 0 Å². The van der Waals surface area contributed by atoms with Gasteiger partial charge in [0.25, 0.3) is 5.91 Å². The maximum absolute atomic E-state index is 12.0. The Morgan fingerprint density at radius 2 is 1.86 bits per heavy atom. The predicted octanol–water partition coefficient (Wildman–Crippen LogP) is 4.38. The first kappa shape index (κ1) is 16.2. The molecule has 6 heteroatoms. The van der Waals surface area contributed by atoms with E-state index in [0.29, 0.717) is 16.3 Å². The summed E-state index contributed by atoms with van der Waals surface area (Å²) in [5, 5.41) is 6.30. The number of carbonyl (C=O) groups is 1. The van der Waals surface area contributed by atoms with Crippen LogP contribution in [-0.2, 0) is 0 Å². The summed E-state index contributed by atoms with van der Waals surface area (Å²) in [7, 11) is 0. The molecule has 108 valence electrons. The van der Waals surface area contributed by atoms with Crippen molar-refractivity contribution in [1.82, 2.24) is 5.32 Å². The summed E-state index contributed by atoms with van der Waals surface area (Å²) in [6.45, 7) is 1.96. The van der Waals surface area contributed by atoms with Crippen molar-refractivity contribution in [2.45, 2.75) is 6.92 Å². The Hall–Kier alpha value is -1.18. The minimum Gasteiger partial charge on any atom is -0.331 e. The smallest absolute Gasteiger partial charge is 0.257 e. The quantitative estimate of drug-likeness (QED) is 0.549. The third-order valence-corrected chi connectivity index (χ3v) is 3.91. The maximum Gasteiger partial charge on any atom is 0.257 e. The lowest BCUT2D eigenvalue weighted by Gasteiger charge is -2.11. The molecule has 3 nitrogen and oxygen atoms in total. The molecule has 0 heterocycles. The molecule has 0 aliphatic heterocycles. The number of anilines is 1. The van der Waals surface area contributed by atoms with Crippen molar-refractivity contribution in [1.29, 1.82) is 0 Å². The molecule has 2 rings (SSSR count). The molecular weight excluding hydrogens is 419 g/mol. The Kier molecular flexibility index (Phi) is 5.55. The van der Waals surface area contributed by atoms with Crippen LogP contribution in [0.1, 0.15) is 15.9 Å². The number of thiocarbonyl (C=S) groups is 1. The molecule has 2 aromatic rings. The second-order valence-corrected chi connectivity index (χ2v) is 6.46. The largest absolute Gasteiger partial charge is 0.331 e. The van der Waals surface area contributed by atoms with Gasteiger partial charge in [0.2, 0.25) is 0 Å². The molecule has 0 unspecified atom stereocenters. The molecule has 0 fully saturated rings. The fourth-order valence-corrected chi connectivity index (χ4v) is 2.73. The highest BCUT2D eigenvalue weighted by Gasteiger charge is 2.09. The van der Waals surface area contributed by atoms with Gasteiger partial charge in [-0.1, -0.05) is 29.3 Å². The van der Waals surface area contributed by atoms with Crippen LogP contribution >= 0.6 is 46.4 Å². The van der Waals surface area contributed by atoms with Crippen LogP contribution in [0.2, 0.25) is 5.02 Å². The number of nitrogens with one attached hydrogen (secondary N) is 2. The Labute approximate surface area is 147 Å². The Bertz CT molecular complexity index is 689. The lowest BCUT2D eigenvalue weighted by atomic mass is 10.1. The Morgan fingerprint density at radius 1 is 1.19 bits per heavy atom. The van der Waals surface area contributed by atoms with E-state index in [9.17, 15) is 4.79 Å². The van der Waals surface area contributed by atoms with Crippen LogP contribution in [0.25, 0.3) is 0 Å². The van der Waals surface area contributed by atoms with Gasteiger partial charge in [0, 0.05) is 9.13 Å². The molecule has 0 saturated heterocycles. The van der Waals surface area contributed by atoms with Gasteiger partial charge in [-0.15, -0.1) is 0 Å². The second-order valence-electron chi connectivity index (χ2n) is 4.40. The molecule has 0 aromatic heterocycles. The highest BCUT2D eigenvalue weighted by atomic mass is 127. The summed E-state index contributed by atoms with van der Waals surface area (Å²) in [5.41, 5.74) is 2.31. The zero-order valence-corrected chi connectivity index (χ0v) is 14.8. The van der Waals surface area contributed by atoms with Gasteiger partial charge in [0.1, 0.15) is 0 Å². The van der Waals surface area contributed by atoms with E-state index in [1.165, 1.54) is 0 Å². The van der Waals surface area contributed by atoms with E-state index in [1.807, 2.05) is 37.3 Å². The average molecular weight is 431 g/mol. The molecule has 0 saturated carbocycles. The molecule has 21 heavy (non-hydrogen) atoms. The maximum atomic E-state index is 12.0. The van der Waals surface area contributed by atoms with E-state index in [-0.39, 0.29) is 11.0 Å². The van der Waals surface area contributed by atoms with E-state index < -0.39 is 0 Å².